The fourth-order valence-corrected chi connectivity index (χ4v) is 4.11. The van der Waals surface area contributed by atoms with E-state index in [4.69, 9.17) is 4.43 Å². The van der Waals surface area contributed by atoms with Crippen LogP contribution in [0.25, 0.3) is 0 Å². The molecule has 0 radical (unpaired) electrons. The SMILES string of the molecule is CC(C)(C)[Si](C)(C)Oc1ccc(NC(=O)N2CCCC(c3ccc(F)cn3)CN2)nc1. The first-order valence-corrected chi connectivity index (χ1v) is 13.5. The highest BCUT2D eigenvalue weighted by Gasteiger charge is 2.39. The number of urea groups is 1. The van der Waals surface area contributed by atoms with Gasteiger partial charge in [-0.1, -0.05) is 20.8 Å². The molecule has 0 aliphatic carbocycles. The Morgan fingerprint density at radius 3 is 2.61 bits per heavy atom. The number of rotatable bonds is 4. The van der Waals surface area contributed by atoms with E-state index < -0.39 is 8.32 Å². The Kier molecular flexibility index (Phi) is 6.95. The van der Waals surface area contributed by atoms with E-state index in [2.05, 4.69) is 54.6 Å². The molecular formula is C22H32FN5O2Si. The third-order valence-corrected chi connectivity index (χ3v) is 10.4. The van der Waals surface area contributed by atoms with Gasteiger partial charge in [0.1, 0.15) is 17.4 Å². The summed E-state index contributed by atoms with van der Waals surface area (Å²) in [5.74, 6) is 0.963. The normalized spacial score (nSPS) is 17.7. The van der Waals surface area contributed by atoms with E-state index in [9.17, 15) is 9.18 Å². The topological polar surface area (TPSA) is 79.4 Å². The van der Waals surface area contributed by atoms with Crippen molar-refractivity contribution < 1.29 is 13.6 Å². The van der Waals surface area contributed by atoms with Crippen molar-refractivity contribution >= 4 is 20.2 Å². The predicted octanol–water partition coefficient (Wildman–Crippen LogP) is 4.92. The summed E-state index contributed by atoms with van der Waals surface area (Å²) in [6, 6.07) is 6.45. The predicted molar refractivity (Wildman–Crippen MR) is 122 cm³/mol. The number of halogens is 1. The first kappa shape index (κ1) is 23.1. The Hall–Kier alpha value is -2.52. The maximum Gasteiger partial charge on any atom is 0.337 e. The molecule has 0 saturated carbocycles. The van der Waals surface area contributed by atoms with Crippen LogP contribution >= 0.6 is 0 Å². The second-order valence-electron chi connectivity index (χ2n) is 9.43. The zero-order chi connectivity index (χ0) is 22.6. The fraction of sp³-hybridized carbons (Fsp3) is 0.500. The molecule has 2 aromatic rings. The maximum atomic E-state index is 13.1. The van der Waals surface area contributed by atoms with Crippen LogP contribution in [0.1, 0.15) is 45.2 Å². The molecule has 0 aromatic carbocycles. The van der Waals surface area contributed by atoms with Crippen LogP contribution < -0.4 is 15.2 Å². The van der Waals surface area contributed by atoms with Gasteiger partial charge in [-0.05, 0) is 55.2 Å². The van der Waals surface area contributed by atoms with Gasteiger partial charge >= 0.3 is 6.03 Å². The molecule has 2 amide bonds. The largest absolute Gasteiger partial charge is 0.542 e. The van der Waals surface area contributed by atoms with Gasteiger partial charge in [0.15, 0.2) is 0 Å². The van der Waals surface area contributed by atoms with Gasteiger partial charge in [0.25, 0.3) is 8.32 Å². The minimum absolute atomic E-state index is 0.0968. The first-order chi connectivity index (χ1) is 14.5. The Morgan fingerprint density at radius 1 is 1.23 bits per heavy atom. The van der Waals surface area contributed by atoms with Gasteiger partial charge in [0, 0.05) is 24.7 Å². The molecule has 3 rings (SSSR count). The van der Waals surface area contributed by atoms with Crippen LogP contribution in [0, 0.1) is 5.82 Å². The number of pyridine rings is 2. The maximum absolute atomic E-state index is 13.1. The van der Waals surface area contributed by atoms with Crippen LogP contribution in [0.2, 0.25) is 18.1 Å². The van der Waals surface area contributed by atoms with E-state index >= 15 is 0 Å². The molecule has 1 saturated heterocycles. The summed E-state index contributed by atoms with van der Waals surface area (Å²) in [5.41, 5.74) is 3.99. The molecule has 9 heteroatoms. The van der Waals surface area contributed by atoms with Gasteiger partial charge in [-0.2, -0.15) is 0 Å². The Balaban J connectivity index is 1.56. The van der Waals surface area contributed by atoms with Crippen molar-refractivity contribution in [1.82, 2.24) is 20.4 Å². The first-order valence-electron chi connectivity index (χ1n) is 10.6. The number of hydrazine groups is 1. The number of hydrogen-bond donors (Lipinski definition) is 2. The van der Waals surface area contributed by atoms with Crippen LogP contribution in [0.4, 0.5) is 15.0 Å². The highest BCUT2D eigenvalue weighted by atomic mass is 28.4. The molecule has 2 N–H and O–H groups in total. The third kappa shape index (κ3) is 6.01. The van der Waals surface area contributed by atoms with Crippen LogP contribution in [0.5, 0.6) is 5.75 Å². The van der Waals surface area contributed by atoms with E-state index in [-0.39, 0.29) is 22.8 Å². The van der Waals surface area contributed by atoms with Crippen molar-refractivity contribution in [2.75, 3.05) is 18.4 Å². The van der Waals surface area contributed by atoms with Crippen LogP contribution in [-0.4, -0.2) is 42.4 Å². The minimum Gasteiger partial charge on any atom is -0.542 e. The second kappa shape index (κ2) is 9.31. The highest BCUT2D eigenvalue weighted by Crippen LogP contribution is 2.37. The summed E-state index contributed by atoms with van der Waals surface area (Å²) < 4.78 is 19.3. The Bertz CT molecular complexity index is 884. The molecule has 7 nitrogen and oxygen atoms in total. The van der Waals surface area contributed by atoms with Crippen LogP contribution in [0.3, 0.4) is 0 Å². The molecule has 0 bridgehead atoms. The lowest BCUT2D eigenvalue weighted by atomic mass is 9.99. The van der Waals surface area contributed by atoms with Crippen molar-refractivity contribution in [1.29, 1.82) is 0 Å². The monoisotopic (exact) mass is 445 g/mol. The number of nitrogens with zero attached hydrogens (tertiary/aromatic N) is 3. The number of carbonyl (C=O) groups is 1. The number of anilines is 1. The lowest BCUT2D eigenvalue weighted by Gasteiger charge is -2.36. The van der Waals surface area contributed by atoms with Crippen molar-refractivity contribution in [2.24, 2.45) is 0 Å². The van der Waals surface area contributed by atoms with Crippen molar-refractivity contribution in [3.63, 3.8) is 0 Å². The summed E-state index contributed by atoms with van der Waals surface area (Å²) in [6.45, 7) is 12.0. The Morgan fingerprint density at radius 2 is 2.00 bits per heavy atom. The smallest absolute Gasteiger partial charge is 0.337 e. The van der Waals surface area contributed by atoms with E-state index in [1.165, 1.54) is 12.3 Å². The fourth-order valence-electron chi connectivity index (χ4n) is 3.09. The molecule has 1 atom stereocenters. The lowest BCUT2D eigenvalue weighted by Crippen LogP contribution is -2.45. The number of hydrogen-bond acceptors (Lipinski definition) is 5. The summed E-state index contributed by atoms with van der Waals surface area (Å²) in [5, 5.41) is 4.48. The molecule has 1 fully saturated rings. The van der Waals surface area contributed by atoms with Crippen molar-refractivity contribution in [2.45, 2.75) is 57.7 Å². The molecule has 3 heterocycles. The summed E-state index contributed by atoms with van der Waals surface area (Å²) >= 11 is 0. The number of carbonyl (C=O) groups excluding carboxylic acids is 1. The van der Waals surface area contributed by atoms with Gasteiger partial charge in [0.2, 0.25) is 0 Å². The van der Waals surface area contributed by atoms with E-state index in [0.29, 0.717) is 24.7 Å². The van der Waals surface area contributed by atoms with E-state index in [1.807, 2.05) is 6.07 Å². The van der Waals surface area contributed by atoms with Gasteiger partial charge < -0.3 is 4.43 Å². The van der Waals surface area contributed by atoms with E-state index in [0.717, 1.165) is 18.5 Å². The van der Waals surface area contributed by atoms with Gasteiger partial charge in [-0.3, -0.25) is 15.3 Å². The zero-order valence-corrected chi connectivity index (χ0v) is 19.9. The molecule has 31 heavy (non-hydrogen) atoms. The second-order valence-corrected chi connectivity index (χ2v) is 14.2. The average Bonchev–Trinajstić information content (AvgIpc) is 2.95. The highest BCUT2D eigenvalue weighted by molar-refractivity contribution is 6.74. The summed E-state index contributed by atoms with van der Waals surface area (Å²) in [6.07, 6.45) is 4.57. The molecule has 1 aliphatic heterocycles. The lowest BCUT2D eigenvalue weighted by molar-refractivity contribution is 0.188. The third-order valence-electron chi connectivity index (χ3n) is 6.03. The molecule has 2 aromatic heterocycles. The van der Waals surface area contributed by atoms with Crippen LogP contribution in [-0.2, 0) is 0 Å². The van der Waals surface area contributed by atoms with E-state index in [1.54, 1.807) is 23.3 Å². The quantitative estimate of drug-likeness (QED) is 0.653. The molecule has 1 aliphatic rings. The van der Waals surface area contributed by atoms with Gasteiger partial charge in [0.05, 0.1) is 12.4 Å². The van der Waals surface area contributed by atoms with Gasteiger partial charge in [-0.25, -0.2) is 19.6 Å². The Labute approximate surface area is 184 Å². The van der Waals surface area contributed by atoms with Crippen LogP contribution in [0.15, 0.2) is 36.7 Å². The zero-order valence-electron chi connectivity index (χ0n) is 18.9. The molecule has 0 spiro atoms. The molecule has 1 unspecified atom stereocenters. The summed E-state index contributed by atoms with van der Waals surface area (Å²) in [7, 11) is -1.94. The number of amides is 2. The van der Waals surface area contributed by atoms with Crippen molar-refractivity contribution in [3.05, 3.63) is 48.2 Å². The number of nitrogens with one attached hydrogen (secondary N) is 2. The minimum atomic E-state index is -1.94. The molecule has 168 valence electrons. The summed E-state index contributed by atoms with van der Waals surface area (Å²) in [4.78, 5) is 21.2. The van der Waals surface area contributed by atoms with Crippen molar-refractivity contribution in [3.8, 4) is 5.75 Å². The van der Waals surface area contributed by atoms with Gasteiger partial charge in [-0.15, -0.1) is 0 Å². The molecular weight excluding hydrogens is 413 g/mol. The standard InChI is InChI=1S/C22H32FN5O2Si/c1-22(2,3)31(4,5)30-18-9-11-20(25-15-18)27-21(29)28-12-6-7-16(13-26-28)19-10-8-17(23)14-24-19/h8-11,14-16,26H,6-7,12-13H2,1-5H3,(H,25,27,29). The average molecular weight is 446 g/mol. The number of aromatic nitrogens is 2.